The molecule has 0 saturated carbocycles. The topological polar surface area (TPSA) is 105 Å². The molecule has 0 spiro atoms. The zero-order valence-electron chi connectivity index (χ0n) is 21.3. The average Bonchev–Trinajstić information content (AvgIpc) is 3.38. The number of carbonyl (C=O) groups excluding carboxylic acids is 1. The van der Waals surface area contributed by atoms with Gasteiger partial charge in [-0.25, -0.2) is 9.78 Å². The molecular weight excluding hydrogens is 625 g/mol. The van der Waals surface area contributed by atoms with Crippen molar-refractivity contribution < 1.29 is 23.4 Å². The molecule has 1 atom stereocenters. The fourth-order valence-corrected chi connectivity index (χ4v) is 4.81. The van der Waals surface area contributed by atoms with Crippen LogP contribution in [0.1, 0.15) is 12.5 Å². The SMILES string of the molecule is COC(=O)[C@H](C)Oc1c(OC)cc(C=Nn2c(-c3cc4cc(Cl)ccc4o3)nc3ccccc3c2=O)c(Br)c1Cl. The second-order valence-electron chi connectivity index (χ2n) is 8.52. The fourth-order valence-electron chi connectivity index (χ4n) is 3.99. The van der Waals surface area contributed by atoms with E-state index in [9.17, 15) is 9.59 Å². The number of aromatic nitrogens is 2. The molecule has 204 valence electrons. The number of nitrogens with zero attached hydrogens (tertiary/aromatic N) is 3. The molecule has 12 heteroatoms. The molecule has 5 aromatic rings. The van der Waals surface area contributed by atoms with Gasteiger partial charge in [-0.05, 0) is 65.3 Å². The second kappa shape index (κ2) is 11.3. The van der Waals surface area contributed by atoms with E-state index in [1.807, 2.05) is 0 Å². The number of furan rings is 1. The molecule has 3 aromatic carbocycles. The van der Waals surface area contributed by atoms with Crippen LogP contribution in [-0.2, 0) is 9.53 Å². The smallest absolute Gasteiger partial charge is 0.346 e. The number of rotatable bonds is 7. The van der Waals surface area contributed by atoms with Gasteiger partial charge >= 0.3 is 5.97 Å². The van der Waals surface area contributed by atoms with E-state index in [4.69, 9.17) is 41.8 Å². The van der Waals surface area contributed by atoms with Gasteiger partial charge in [-0.15, -0.1) is 0 Å². The van der Waals surface area contributed by atoms with E-state index in [-0.39, 0.29) is 22.3 Å². The lowest BCUT2D eigenvalue weighted by molar-refractivity contribution is -0.147. The maximum absolute atomic E-state index is 13.6. The Morgan fingerprint density at radius 2 is 1.93 bits per heavy atom. The van der Waals surface area contributed by atoms with Crippen LogP contribution < -0.4 is 15.0 Å². The van der Waals surface area contributed by atoms with E-state index in [2.05, 4.69) is 26.0 Å². The quantitative estimate of drug-likeness (QED) is 0.143. The molecule has 2 heterocycles. The molecule has 0 amide bonds. The minimum absolute atomic E-state index is 0.134. The van der Waals surface area contributed by atoms with Crippen molar-refractivity contribution in [3.63, 3.8) is 0 Å². The molecule has 40 heavy (non-hydrogen) atoms. The van der Waals surface area contributed by atoms with Gasteiger partial charge in [-0.1, -0.05) is 35.3 Å². The third-order valence-electron chi connectivity index (χ3n) is 5.97. The summed E-state index contributed by atoms with van der Waals surface area (Å²) < 4.78 is 23.4. The van der Waals surface area contributed by atoms with Crippen LogP contribution in [-0.4, -0.2) is 42.2 Å². The largest absolute Gasteiger partial charge is 0.493 e. The zero-order chi connectivity index (χ0) is 28.6. The van der Waals surface area contributed by atoms with Crippen molar-refractivity contribution in [3.05, 3.63) is 85.0 Å². The molecule has 0 bridgehead atoms. The number of halogens is 3. The number of hydrogen-bond donors (Lipinski definition) is 0. The van der Waals surface area contributed by atoms with Crippen LogP contribution >= 0.6 is 39.1 Å². The maximum Gasteiger partial charge on any atom is 0.346 e. The van der Waals surface area contributed by atoms with Crippen LogP contribution in [0.3, 0.4) is 0 Å². The monoisotopic (exact) mass is 643 g/mol. The van der Waals surface area contributed by atoms with Gasteiger partial charge in [0.05, 0.1) is 31.3 Å². The van der Waals surface area contributed by atoms with Gasteiger partial charge in [0, 0.05) is 20.4 Å². The summed E-state index contributed by atoms with van der Waals surface area (Å²) in [6.07, 6.45) is 0.485. The van der Waals surface area contributed by atoms with Crippen molar-refractivity contribution in [2.45, 2.75) is 13.0 Å². The number of fused-ring (bicyclic) bond motifs is 2. The first-order valence-corrected chi connectivity index (χ1v) is 13.3. The lowest BCUT2D eigenvalue weighted by Crippen LogP contribution is -2.25. The molecule has 0 fully saturated rings. The standard InChI is InChI=1S/C28H20BrCl2N3O6/c1-14(28(36)38-3)39-25-21(37-2)12-16(23(29)24(25)31)13-32-34-26(33-19-7-5-4-6-18(19)27(34)35)22-11-15-10-17(30)8-9-20(15)40-22/h4-14H,1-3H3/t14-/m0/s1. The number of para-hydroxylation sites is 1. The Labute approximate surface area is 246 Å². The van der Waals surface area contributed by atoms with Crippen molar-refractivity contribution in [1.29, 1.82) is 0 Å². The maximum atomic E-state index is 13.6. The second-order valence-corrected chi connectivity index (χ2v) is 10.1. The Kier molecular flexibility index (Phi) is 7.84. The van der Waals surface area contributed by atoms with Gasteiger partial charge in [0.15, 0.2) is 23.4 Å². The summed E-state index contributed by atoms with van der Waals surface area (Å²) in [6, 6.07) is 15.5. The summed E-state index contributed by atoms with van der Waals surface area (Å²) >= 11 is 16.2. The van der Waals surface area contributed by atoms with Crippen molar-refractivity contribution in [1.82, 2.24) is 9.66 Å². The highest BCUT2D eigenvalue weighted by Crippen LogP contribution is 2.42. The first-order valence-electron chi connectivity index (χ1n) is 11.8. The van der Waals surface area contributed by atoms with Crippen LogP contribution in [0.5, 0.6) is 11.5 Å². The van der Waals surface area contributed by atoms with E-state index >= 15 is 0 Å². The molecule has 0 aliphatic rings. The number of methoxy groups -OCH3 is 2. The molecule has 5 rings (SSSR count). The van der Waals surface area contributed by atoms with Crippen LogP contribution in [0.2, 0.25) is 10.0 Å². The van der Waals surface area contributed by atoms with Gasteiger partial charge < -0.3 is 18.6 Å². The molecule has 0 N–H and O–H groups in total. The Morgan fingerprint density at radius 3 is 2.67 bits per heavy atom. The molecule has 0 unspecified atom stereocenters. The Balaban J connectivity index is 1.64. The van der Waals surface area contributed by atoms with Crippen LogP contribution in [0, 0.1) is 0 Å². The van der Waals surface area contributed by atoms with E-state index in [0.29, 0.717) is 37.3 Å². The zero-order valence-corrected chi connectivity index (χ0v) is 24.4. The molecule has 0 aliphatic heterocycles. The summed E-state index contributed by atoms with van der Waals surface area (Å²) in [4.78, 5) is 30.1. The highest BCUT2D eigenvalue weighted by molar-refractivity contribution is 9.10. The van der Waals surface area contributed by atoms with E-state index in [1.54, 1.807) is 54.6 Å². The summed E-state index contributed by atoms with van der Waals surface area (Å²) in [6.45, 7) is 1.53. The number of ether oxygens (including phenoxy) is 3. The lowest BCUT2D eigenvalue weighted by atomic mass is 10.2. The molecule has 2 aromatic heterocycles. The molecule has 0 saturated heterocycles. The third-order valence-corrected chi connectivity index (χ3v) is 7.65. The highest BCUT2D eigenvalue weighted by atomic mass is 79.9. The Hall–Kier alpha value is -3.86. The van der Waals surface area contributed by atoms with Gasteiger partial charge in [-0.3, -0.25) is 4.79 Å². The van der Waals surface area contributed by atoms with Gasteiger partial charge in [0.1, 0.15) is 10.6 Å². The van der Waals surface area contributed by atoms with E-state index < -0.39 is 17.6 Å². The predicted molar refractivity (Wildman–Crippen MR) is 157 cm³/mol. The summed E-state index contributed by atoms with van der Waals surface area (Å²) in [5.74, 6) is 0.310. The highest BCUT2D eigenvalue weighted by Gasteiger charge is 2.23. The number of hydrogen-bond acceptors (Lipinski definition) is 8. The summed E-state index contributed by atoms with van der Waals surface area (Å²) in [5, 5.41) is 6.27. The van der Waals surface area contributed by atoms with Gasteiger partial charge in [0.25, 0.3) is 5.56 Å². The minimum atomic E-state index is -0.939. The first-order chi connectivity index (χ1) is 19.2. The normalized spacial score (nSPS) is 12.2. The van der Waals surface area contributed by atoms with Crippen LogP contribution in [0.25, 0.3) is 33.5 Å². The number of esters is 1. The molecule has 0 aliphatic carbocycles. The van der Waals surface area contributed by atoms with Crippen molar-refractivity contribution in [2.75, 3.05) is 14.2 Å². The molecule has 0 radical (unpaired) electrons. The average molecular weight is 645 g/mol. The third kappa shape index (κ3) is 5.17. The van der Waals surface area contributed by atoms with Crippen LogP contribution in [0.15, 0.2) is 73.4 Å². The Morgan fingerprint density at radius 1 is 1.15 bits per heavy atom. The molecular formula is C28H20BrCl2N3O6. The van der Waals surface area contributed by atoms with E-state index in [1.165, 1.54) is 27.4 Å². The minimum Gasteiger partial charge on any atom is -0.493 e. The van der Waals surface area contributed by atoms with Gasteiger partial charge in [0.2, 0.25) is 5.82 Å². The van der Waals surface area contributed by atoms with E-state index in [0.717, 1.165) is 10.1 Å². The van der Waals surface area contributed by atoms with Gasteiger partial charge in [-0.2, -0.15) is 9.78 Å². The summed E-state index contributed by atoms with van der Waals surface area (Å²) in [5.41, 5.74) is 1.12. The number of carbonyl (C=O) groups is 1. The number of benzene rings is 3. The molecule has 9 nitrogen and oxygen atoms in total. The fraction of sp³-hybridized carbons (Fsp3) is 0.143. The first kappa shape index (κ1) is 27.7. The van der Waals surface area contributed by atoms with Crippen molar-refractivity contribution in [3.8, 4) is 23.1 Å². The predicted octanol–water partition coefficient (Wildman–Crippen LogP) is 6.71. The van der Waals surface area contributed by atoms with Crippen molar-refractivity contribution in [2.24, 2.45) is 5.10 Å². The Bertz CT molecular complexity index is 1870. The van der Waals surface area contributed by atoms with Crippen LogP contribution in [0.4, 0.5) is 0 Å². The lowest BCUT2D eigenvalue weighted by Gasteiger charge is -2.18. The summed E-state index contributed by atoms with van der Waals surface area (Å²) in [7, 11) is 2.69. The van der Waals surface area contributed by atoms with Crippen molar-refractivity contribution >= 4 is 73.2 Å².